The van der Waals surface area contributed by atoms with Gasteiger partial charge < -0.3 is 15.0 Å². The predicted octanol–water partition coefficient (Wildman–Crippen LogP) is 4.38. The molecule has 1 fully saturated rings. The molecule has 0 aromatic heterocycles. The summed E-state index contributed by atoms with van der Waals surface area (Å²) < 4.78 is 6.36. The van der Waals surface area contributed by atoms with Crippen molar-refractivity contribution in [1.29, 1.82) is 0 Å². The SMILES string of the molecule is CCCN1CCC(C(C)Nc2ccc(Br)c(OC)c2)CC1. The number of hydrogen-bond acceptors (Lipinski definition) is 3. The first kappa shape index (κ1) is 16.6. The fraction of sp³-hybridized carbons (Fsp3) is 0.647. The van der Waals surface area contributed by atoms with E-state index in [-0.39, 0.29) is 0 Å². The van der Waals surface area contributed by atoms with Crippen LogP contribution in [0, 0.1) is 5.92 Å². The smallest absolute Gasteiger partial charge is 0.135 e. The molecule has 1 aromatic rings. The molecule has 1 aliphatic heterocycles. The third-order valence-corrected chi connectivity index (χ3v) is 5.08. The zero-order chi connectivity index (χ0) is 15.2. The van der Waals surface area contributed by atoms with Crippen LogP contribution in [-0.2, 0) is 0 Å². The van der Waals surface area contributed by atoms with Crippen LogP contribution in [0.3, 0.4) is 0 Å². The number of methoxy groups -OCH3 is 1. The van der Waals surface area contributed by atoms with Gasteiger partial charge in [0.2, 0.25) is 0 Å². The first-order valence-electron chi connectivity index (χ1n) is 7.96. The number of ether oxygens (including phenoxy) is 1. The summed E-state index contributed by atoms with van der Waals surface area (Å²) >= 11 is 3.50. The number of nitrogens with zero attached hydrogens (tertiary/aromatic N) is 1. The summed E-state index contributed by atoms with van der Waals surface area (Å²) in [5.41, 5.74) is 1.14. The molecule has 4 heteroatoms. The second kappa shape index (κ2) is 8.04. The summed E-state index contributed by atoms with van der Waals surface area (Å²) in [6.07, 6.45) is 3.85. The van der Waals surface area contributed by atoms with Gasteiger partial charge in [0, 0.05) is 17.8 Å². The van der Waals surface area contributed by atoms with Gasteiger partial charge in [-0.25, -0.2) is 0 Å². The normalized spacial score (nSPS) is 18.5. The number of halogens is 1. The van der Waals surface area contributed by atoms with Gasteiger partial charge in [-0.05, 0) is 79.8 Å². The van der Waals surface area contributed by atoms with Crippen molar-refractivity contribution in [1.82, 2.24) is 4.90 Å². The lowest BCUT2D eigenvalue weighted by Gasteiger charge is -2.35. The van der Waals surface area contributed by atoms with Crippen LogP contribution >= 0.6 is 15.9 Å². The van der Waals surface area contributed by atoms with Gasteiger partial charge in [-0.2, -0.15) is 0 Å². The van der Waals surface area contributed by atoms with Crippen molar-refractivity contribution in [3.8, 4) is 5.75 Å². The summed E-state index contributed by atoms with van der Waals surface area (Å²) in [6, 6.07) is 6.71. The highest BCUT2D eigenvalue weighted by Crippen LogP contribution is 2.29. The van der Waals surface area contributed by atoms with E-state index in [1.807, 2.05) is 6.07 Å². The van der Waals surface area contributed by atoms with Gasteiger partial charge in [-0.15, -0.1) is 0 Å². The van der Waals surface area contributed by atoms with Crippen molar-refractivity contribution in [3.63, 3.8) is 0 Å². The maximum Gasteiger partial charge on any atom is 0.135 e. The highest BCUT2D eigenvalue weighted by molar-refractivity contribution is 9.10. The first-order chi connectivity index (χ1) is 10.1. The van der Waals surface area contributed by atoms with Gasteiger partial charge in [0.15, 0.2) is 0 Å². The largest absolute Gasteiger partial charge is 0.495 e. The number of hydrogen-bond donors (Lipinski definition) is 1. The van der Waals surface area contributed by atoms with Crippen molar-refractivity contribution in [2.45, 2.75) is 39.2 Å². The lowest BCUT2D eigenvalue weighted by Crippen LogP contribution is -2.39. The standard InChI is InChI=1S/C17H27BrN2O/c1-4-9-20-10-7-14(8-11-20)13(2)19-15-5-6-16(18)17(12-15)21-3/h5-6,12-14,19H,4,7-11H2,1-3H3. The van der Waals surface area contributed by atoms with E-state index in [4.69, 9.17) is 4.74 Å². The maximum absolute atomic E-state index is 5.36. The van der Waals surface area contributed by atoms with E-state index in [0.717, 1.165) is 21.8 Å². The van der Waals surface area contributed by atoms with Crippen molar-refractivity contribution < 1.29 is 4.74 Å². The fourth-order valence-corrected chi connectivity index (χ4v) is 3.53. The van der Waals surface area contributed by atoms with Crippen LogP contribution in [0.2, 0.25) is 0 Å². The van der Waals surface area contributed by atoms with Gasteiger partial charge in [-0.3, -0.25) is 0 Å². The molecule has 1 heterocycles. The van der Waals surface area contributed by atoms with Crippen molar-refractivity contribution in [2.24, 2.45) is 5.92 Å². The molecular formula is C17H27BrN2O. The Hall–Kier alpha value is -0.740. The summed E-state index contributed by atoms with van der Waals surface area (Å²) in [4.78, 5) is 2.59. The van der Waals surface area contributed by atoms with E-state index in [0.29, 0.717) is 6.04 Å². The van der Waals surface area contributed by atoms with E-state index in [1.165, 1.54) is 38.9 Å². The van der Waals surface area contributed by atoms with E-state index in [2.05, 4.69) is 52.1 Å². The Labute approximate surface area is 137 Å². The summed E-state index contributed by atoms with van der Waals surface area (Å²) in [5, 5.41) is 3.64. The molecule has 1 aromatic carbocycles. The number of piperidine rings is 1. The van der Waals surface area contributed by atoms with Crippen molar-refractivity contribution in [3.05, 3.63) is 22.7 Å². The number of anilines is 1. The average molecular weight is 355 g/mol. The third-order valence-electron chi connectivity index (χ3n) is 4.42. The fourth-order valence-electron chi connectivity index (χ4n) is 3.12. The minimum absolute atomic E-state index is 0.500. The highest BCUT2D eigenvalue weighted by Gasteiger charge is 2.23. The Morgan fingerprint density at radius 3 is 2.71 bits per heavy atom. The molecule has 0 aliphatic carbocycles. The molecule has 0 radical (unpaired) electrons. The summed E-state index contributed by atoms with van der Waals surface area (Å²) in [7, 11) is 1.71. The van der Waals surface area contributed by atoms with Crippen molar-refractivity contribution >= 4 is 21.6 Å². The van der Waals surface area contributed by atoms with Crippen LogP contribution in [0.5, 0.6) is 5.75 Å². The molecule has 118 valence electrons. The monoisotopic (exact) mass is 354 g/mol. The molecule has 3 nitrogen and oxygen atoms in total. The van der Waals surface area contributed by atoms with Gasteiger partial charge in [-0.1, -0.05) is 6.92 Å². The zero-order valence-corrected chi connectivity index (χ0v) is 14.9. The Balaban J connectivity index is 1.88. The van der Waals surface area contributed by atoms with Crippen molar-refractivity contribution in [2.75, 3.05) is 32.1 Å². The maximum atomic E-state index is 5.36. The highest BCUT2D eigenvalue weighted by atomic mass is 79.9. The summed E-state index contributed by atoms with van der Waals surface area (Å²) in [6.45, 7) is 8.30. The van der Waals surface area contributed by atoms with Crippen LogP contribution < -0.4 is 10.1 Å². The Morgan fingerprint density at radius 2 is 2.10 bits per heavy atom. The topological polar surface area (TPSA) is 24.5 Å². The predicted molar refractivity (Wildman–Crippen MR) is 93.2 cm³/mol. The molecule has 1 saturated heterocycles. The molecule has 1 atom stereocenters. The second-order valence-electron chi connectivity index (χ2n) is 5.96. The number of rotatable bonds is 6. The van der Waals surface area contributed by atoms with E-state index < -0.39 is 0 Å². The number of likely N-dealkylation sites (tertiary alicyclic amines) is 1. The molecule has 0 bridgehead atoms. The van der Waals surface area contributed by atoms with Crippen LogP contribution in [-0.4, -0.2) is 37.7 Å². The minimum Gasteiger partial charge on any atom is -0.495 e. The van der Waals surface area contributed by atoms with E-state index in [1.54, 1.807) is 7.11 Å². The molecule has 0 saturated carbocycles. The first-order valence-corrected chi connectivity index (χ1v) is 8.75. The quantitative estimate of drug-likeness (QED) is 0.820. The van der Waals surface area contributed by atoms with Gasteiger partial charge in [0.1, 0.15) is 5.75 Å². The van der Waals surface area contributed by atoms with Gasteiger partial charge in [0.05, 0.1) is 11.6 Å². The molecule has 1 unspecified atom stereocenters. The number of nitrogens with one attached hydrogen (secondary N) is 1. The molecular weight excluding hydrogens is 328 g/mol. The zero-order valence-electron chi connectivity index (χ0n) is 13.4. The molecule has 1 N–H and O–H groups in total. The Bertz CT molecular complexity index is 444. The number of benzene rings is 1. The minimum atomic E-state index is 0.500. The lowest BCUT2D eigenvalue weighted by atomic mass is 9.90. The van der Waals surface area contributed by atoms with Crippen LogP contribution in [0.1, 0.15) is 33.1 Å². The Morgan fingerprint density at radius 1 is 1.38 bits per heavy atom. The molecule has 1 aliphatic rings. The second-order valence-corrected chi connectivity index (χ2v) is 6.82. The molecule has 2 rings (SSSR count). The lowest BCUT2D eigenvalue weighted by molar-refractivity contribution is 0.176. The average Bonchev–Trinajstić information content (AvgIpc) is 2.50. The van der Waals surface area contributed by atoms with Gasteiger partial charge >= 0.3 is 0 Å². The Kier molecular flexibility index (Phi) is 6.37. The van der Waals surface area contributed by atoms with E-state index in [9.17, 15) is 0 Å². The van der Waals surface area contributed by atoms with Crippen LogP contribution in [0.15, 0.2) is 22.7 Å². The molecule has 21 heavy (non-hydrogen) atoms. The van der Waals surface area contributed by atoms with Gasteiger partial charge in [0.25, 0.3) is 0 Å². The van der Waals surface area contributed by atoms with E-state index >= 15 is 0 Å². The van der Waals surface area contributed by atoms with Crippen LogP contribution in [0.4, 0.5) is 5.69 Å². The molecule has 0 spiro atoms. The van der Waals surface area contributed by atoms with Crippen LogP contribution in [0.25, 0.3) is 0 Å². The molecule has 0 amide bonds. The summed E-state index contributed by atoms with van der Waals surface area (Å²) in [5.74, 6) is 1.64. The third kappa shape index (κ3) is 4.62.